The molecule has 0 radical (unpaired) electrons. The maximum Gasteiger partial charge on any atom is 0.209 e. The number of fused-ring (bicyclic) bond motifs is 1. The molecule has 4 rings (SSSR count). The van der Waals surface area contributed by atoms with Gasteiger partial charge in [0.05, 0.1) is 23.2 Å². The first-order chi connectivity index (χ1) is 13.2. The molecule has 5 heteroatoms. The van der Waals surface area contributed by atoms with Crippen molar-refractivity contribution in [2.45, 2.75) is 6.61 Å². The van der Waals surface area contributed by atoms with Crippen LogP contribution in [0.25, 0.3) is 33.3 Å². The molecule has 2 N–H and O–H groups in total. The summed E-state index contributed by atoms with van der Waals surface area (Å²) < 4.78 is 0. The third-order valence-electron chi connectivity index (χ3n) is 4.59. The van der Waals surface area contributed by atoms with E-state index in [0.717, 1.165) is 22.3 Å². The van der Waals surface area contributed by atoms with Gasteiger partial charge in [-0.25, -0.2) is 0 Å². The highest BCUT2D eigenvalue weighted by Gasteiger charge is 2.14. The summed E-state index contributed by atoms with van der Waals surface area (Å²) >= 11 is 0. The van der Waals surface area contributed by atoms with Gasteiger partial charge in [0.25, 0.3) is 0 Å². The lowest BCUT2D eigenvalue weighted by Gasteiger charge is -2.10. The number of aliphatic hydroxyl groups excluding tert-OH is 1. The van der Waals surface area contributed by atoms with Gasteiger partial charge in [-0.1, -0.05) is 48.5 Å². The predicted octanol–water partition coefficient (Wildman–Crippen LogP) is 3.62. The Morgan fingerprint density at radius 1 is 1.04 bits per heavy atom. The van der Waals surface area contributed by atoms with Gasteiger partial charge >= 0.3 is 0 Å². The first-order valence-electron chi connectivity index (χ1n) is 8.42. The SMILES string of the molecule is N#Cc1c(-c2ccc(-c3ccccc3CO)cc2)[nH]c2ccncc2c1=O. The number of nitrogens with one attached hydrogen (secondary N) is 1. The van der Waals surface area contributed by atoms with Crippen LogP contribution in [0.1, 0.15) is 11.1 Å². The first-order valence-corrected chi connectivity index (χ1v) is 8.42. The monoisotopic (exact) mass is 353 g/mol. The van der Waals surface area contributed by atoms with E-state index in [2.05, 4.69) is 9.97 Å². The van der Waals surface area contributed by atoms with Gasteiger partial charge in [-0.3, -0.25) is 9.78 Å². The van der Waals surface area contributed by atoms with E-state index < -0.39 is 0 Å². The lowest BCUT2D eigenvalue weighted by atomic mass is 9.97. The van der Waals surface area contributed by atoms with Crippen molar-refractivity contribution in [3.05, 3.63) is 88.3 Å². The summed E-state index contributed by atoms with van der Waals surface area (Å²) in [7, 11) is 0. The van der Waals surface area contributed by atoms with Crippen LogP contribution in [0, 0.1) is 11.3 Å². The average molecular weight is 353 g/mol. The molecule has 0 aliphatic carbocycles. The van der Waals surface area contributed by atoms with Crippen molar-refractivity contribution in [2.75, 3.05) is 0 Å². The van der Waals surface area contributed by atoms with E-state index in [-0.39, 0.29) is 17.6 Å². The number of nitrogens with zero attached hydrogens (tertiary/aromatic N) is 2. The van der Waals surface area contributed by atoms with Crippen LogP contribution in [0.2, 0.25) is 0 Å². The van der Waals surface area contributed by atoms with E-state index in [9.17, 15) is 15.2 Å². The van der Waals surface area contributed by atoms with Crippen LogP contribution in [0.3, 0.4) is 0 Å². The fraction of sp³-hybridized carbons (Fsp3) is 0.0455. The molecule has 0 aliphatic rings. The van der Waals surface area contributed by atoms with Crippen LogP contribution >= 0.6 is 0 Å². The Hall–Kier alpha value is -3.75. The molecule has 0 bridgehead atoms. The first kappa shape index (κ1) is 16.7. The molecular weight excluding hydrogens is 338 g/mol. The molecule has 130 valence electrons. The molecule has 0 saturated heterocycles. The van der Waals surface area contributed by atoms with Crippen LogP contribution in [0.4, 0.5) is 0 Å². The number of pyridine rings is 2. The molecule has 0 spiro atoms. The number of nitriles is 1. The Bertz CT molecular complexity index is 1240. The lowest BCUT2D eigenvalue weighted by Crippen LogP contribution is -2.10. The van der Waals surface area contributed by atoms with E-state index in [1.54, 1.807) is 12.3 Å². The maximum absolute atomic E-state index is 12.6. The van der Waals surface area contributed by atoms with Gasteiger partial charge in [-0.15, -0.1) is 0 Å². The molecular formula is C22H15N3O2. The van der Waals surface area contributed by atoms with Gasteiger partial charge in [-0.05, 0) is 28.3 Å². The van der Waals surface area contributed by atoms with Crippen LogP contribution in [0.5, 0.6) is 0 Å². The molecule has 0 aliphatic heterocycles. The largest absolute Gasteiger partial charge is 0.392 e. The smallest absolute Gasteiger partial charge is 0.209 e. The number of hydrogen-bond acceptors (Lipinski definition) is 4. The molecule has 5 nitrogen and oxygen atoms in total. The third kappa shape index (κ3) is 2.88. The summed E-state index contributed by atoms with van der Waals surface area (Å²) in [5, 5.41) is 19.4. The summed E-state index contributed by atoms with van der Waals surface area (Å²) in [5.41, 5.74) is 4.35. The third-order valence-corrected chi connectivity index (χ3v) is 4.59. The quantitative estimate of drug-likeness (QED) is 0.589. The van der Waals surface area contributed by atoms with Crippen molar-refractivity contribution in [3.63, 3.8) is 0 Å². The molecule has 27 heavy (non-hydrogen) atoms. The molecule has 2 heterocycles. The molecule has 0 saturated carbocycles. The number of aliphatic hydroxyl groups is 1. The summed E-state index contributed by atoms with van der Waals surface area (Å²) in [6.45, 7) is -0.0392. The number of hydrogen-bond donors (Lipinski definition) is 2. The fourth-order valence-corrected chi connectivity index (χ4v) is 3.21. The van der Waals surface area contributed by atoms with E-state index in [4.69, 9.17) is 0 Å². The Kier molecular flexibility index (Phi) is 4.25. The molecule has 4 aromatic rings. The molecule has 0 fully saturated rings. The van der Waals surface area contributed by atoms with Crippen molar-refractivity contribution in [2.24, 2.45) is 0 Å². The predicted molar refractivity (Wildman–Crippen MR) is 104 cm³/mol. The van der Waals surface area contributed by atoms with Gasteiger partial charge in [0.1, 0.15) is 11.6 Å². The van der Waals surface area contributed by atoms with Crippen molar-refractivity contribution in [1.29, 1.82) is 5.26 Å². The van der Waals surface area contributed by atoms with Gasteiger partial charge in [0.15, 0.2) is 0 Å². The van der Waals surface area contributed by atoms with Gasteiger partial charge < -0.3 is 10.1 Å². The molecule has 0 atom stereocenters. The zero-order valence-corrected chi connectivity index (χ0v) is 14.3. The number of rotatable bonds is 3. The summed E-state index contributed by atoms with van der Waals surface area (Å²) in [4.78, 5) is 19.8. The summed E-state index contributed by atoms with van der Waals surface area (Å²) in [6, 6.07) is 18.9. The van der Waals surface area contributed by atoms with Crippen LogP contribution in [0.15, 0.2) is 71.8 Å². The standard InChI is InChI=1S/C22H15N3O2/c23-11-18-21(25-20-9-10-24-12-19(20)22(18)27)15-7-5-14(6-8-15)17-4-2-1-3-16(17)13-26/h1-10,12,26H,13H2,(H,25,27). The average Bonchev–Trinajstić information content (AvgIpc) is 2.74. The van der Waals surface area contributed by atoms with Crippen LogP contribution < -0.4 is 5.43 Å². The van der Waals surface area contributed by atoms with Gasteiger partial charge in [0.2, 0.25) is 5.43 Å². The second-order valence-corrected chi connectivity index (χ2v) is 6.13. The van der Waals surface area contributed by atoms with Crippen LogP contribution in [-0.2, 0) is 6.61 Å². The number of aromatic amines is 1. The van der Waals surface area contributed by atoms with E-state index >= 15 is 0 Å². The highest BCUT2D eigenvalue weighted by molar-refractivity contribution is 5.84. The molecule has 0 unspecified atom stereocenters. The Morgan fingerprint density at radius 2 is 1.78 bits per heavy atom. The van der Waals surface area contributed by atoms with Crippen molar-refractivity contribution < 1.29 is 5.11 Å². The molecule has 2 aromatic carbocycles. The lowest BCUT2D eigenvalue weighted by molar-refractivity contribution is 0.282. The minimum absolute atomic E-state index is 0.0392. The van der Waals surface area contributed by atoms with E-state index in [0.29, 0.717) is 16.6 Å². The zero-order valence-electron chi connectivity index (χ0n) is 14.3. The maximum atomic E-state index is 12.6. The zero-order chi connectivity index (χ0) is 18.8. The number of aromatic nitrogens is 2. The molecule has 2 aromatic heterocycles. The van der Waals surface area contributed by atoms with Gasteiger partial charge in [0, 0.05) is 12.4 Å². The summed E-state index contributed by atoms with van der Waals surface area (Å²) in [6.07, 6.45) is 3.07. The van der Waals surface area contributed by atoms with Gasteiger partial charge in [-0.2, -0.15) is 5.26 Å². The second kappa shape index (κ2) is 6.87. The van der Waals surface area contributed by atoms with Crippen molar-refractivity contribution in [3.8, 4) is 28.5 Å². The minimum atomic E-state index is -0.330. The van der Waals surface area contributed by atoms with E-state index in [1.165, 1.54) is 6.20 Å². The Labute approximate surface area is 155 Å². The number of benzene rings is 2. The Morgan fingerprint density at radius 3 is 2.52 bits per heavy atom. The minimum Gasteiger partial charge on any atom is -0.392 e. The fourth-order valence-electron chi connectivity index (χ4n) is 3.21. The Balaban J connectivity index is 1.86. The highest BCUT2D eigenvalue weighted by atomic mass is 16.3. The topological polar surface area (TPSA) is 89.8 Å². The second-order valence-electron chi connectivity index (χ2n) is 6.13. The van der Waals surface area contributed by atoms with Crippen molar-refractivity contribution >= 4 is 10.9 Å². The highest BCUT2D eigenvalue weighted by Crippen LogP contribution is 2.28. The number of H-pyrrole nitrogens is 1. The normalized spacial score (nSPS) is 10.7. The van der Waals surface area contributed by atoms with Crippen LogP contribution in [-0.4, -0.2) is 15.1 Å². The molecule has 0 amide bonds. The van der Waals surface area contributed by atoms with Crippen molar-refractivity contribution in [1.82, 2.24) is 9.97 Å². The van der Waals surface area contributed by atoms with E-state index in [1.807, 2.05) is 54.6 Å². The summed E-state index contributed by atoms with van der Waals surface area (Å²) in [5.74, 6) is 0.